The van der Waals surface area contributed by atoms with Gasteiger partial charge in [0, 0.05) is 13.1 Å². The van der Waals surface area contributed by atoms with Gasteiger partial charge in [0.05, 0.1) is 23.6 Å². The first-order valence-corrected chi connectivity index (χ1v) is 11.0. The van der Waals surface area contributed by atoms with Crippen LogP contribution in [0.1, 0.15) is 36.0 Å². The van der Waals surface area contributed by atoms with Gasteiger partial charge in [0.2, 0.25) is 15.9 Å². The van der Waals surface area contributed by atoms with Gasteiger partial charge in [-0.3, -0.25) is 4.79 Å². The van der Waals surface area contributed by atoms with E-state index in [0.29, 0.717) is 13.0 Å². The van der Waals surface area contributed by atoms with Crippen LogP contribution in [0.4, 0.5) is 5.69 Å². The maximum Gasteiger partial charge on any atom is 0.240 e. The maximum atomic E-state index is 12.9. The first-order valence-electron chi connectivity index (χ1n) is 9.52. The van der Waals surface area contributed by atoms with Crippen LogP contribution in [0.3, 0.4) is 0 Å². The van der Waals surface area contributed by atoms with E-state index in [1.165, 1.54) is 0 Å². The third-order valence-electron chi connectivity index (χ3n) is 5.58. The third-order valence-corrected chi connectivity index (χ3v) is 7.02. The van der Waals surface area contributed by atoms with Crippen LogP contribution in [0, 0.1) is 0 Å². The number of amides is 1. The van der Waals surface area contributed by atoms with Gasteiger partial charge in [-0.1, -0.05) is 18.2 Å². The predicted molar refractivity (Wildman–Crippen MR) is 107 cm³/mol. The molecule has 7 heteroatoms. The van der Waals surface area contributed by atoms with E-state index < -0.39 is 10.0 Å². The minimum atomic E-state index is -3.66. The number of hydrogen-bond acceptors (Lipinski definition) is 4. The summed E-state index contributed by atoms with van der Waals surface area (Å²) in [5, 5.41) is 0. The van der Waals surface area contributed by atoms with Gasteiger partial charge in [-0.2, -0.15) is 0 Å². The molecule has 6 nitrogen and oxygen atoms in total. The van der Waals surface area contributed by atoms with Crippen molar-refractivity contribution in [1.29, 1.82) is 0 Å². The second-order valence-corrected chi connectivity index (χ2v) is 9.06. The summed E-state index contributed by atoms with van der Waals surface area (Å²) in [7, 11) is -2.06. The fraction of sp³-hybridized carbons (Fsp3) is 0.381. The molecule has 28 heavy (non-hydrogen) atoms. The number of rotatable bonds is 6. The fourth-order valence-corrected chi connectivity index (χ4v) is 5.25. The first kappa shape index (κ1) is 19.0. The molecule has 0 radical (unpaired) electrons. The van der Waals surface area contributed by atoms with Crippen molar-refractivity contribution in [3.05, 3.63) is 53.1 Å². The monoisotopic (exact) mass is 400 g/mol. The number of methoxy groups -OCH3 is 1. The summed E-state index contributed by atoms with van der Waals surface area (Å²) in [6.45, 7) is 2.84. The number of nitrogens with zero attached hydrogens (tertiary/aromatic N) is 1. The second-order valence-electron chi connectivity index (χ2n) is 7.29. The topological polar surface area (TPSA) is 75.7 Å². The number of para-hydroxylation sites is 1. The third kappa shape index (κ3) is 3.18. The van der Waals surface area contributed by atoms with Crippen molar-refractivity contribution in [1.82, 2.24) is 4.72 Å². The van der Waals surface area contributed by atoms with Gasteiger partial charge >= 0.3 is 0 Å². The minimum Gasteiger partial charge on any atom is -0.496 e. The highest BCUT2D eigenvalue weighted by atomic mass is 32.2. The highest BCUT2D eigenvalue weighted by Gasteiger charge is 2.38. The minimum absolute atomic E-state index is 0.0645. The van der Waals surface area contributed by atoms with Gasteiger partial charge in [-0.05, 0) is 61.1 Å². The summed E-state index contributed by atoms with van der Waals surface area (Å²) in [6, 6.07) is 11.0. The predicted octanol–water partition coefficient (Wildman–Crippen LogP) is 2.61. The Hall–Kier alpha value is -2.38. The highest BCUT2D eigenvalue weighted by Crippen LogP contribution is 2.43. The second kappa shape index (κ2) is 7.22. The van der Waals surface area contributed by atoms with Crippen LogP contribution in [-0.4, -0.2) is 34.5 Å². The number of anilines is 1. The van der Waals surface area contributed by atoms with E-state index in [0.717, 1.165) is 41.0 Å². The largest absolute Gasteiger partial charge is 0.496 e. The molecule has 1 amide bonds. The zero-order valence-corrected chi connectivity index (χ0v) is 16.9. The van der Waals surface area contributed by atoms with E-state index >= 15 is 0 Å². The van der Waals surface area contributed by atoms with E-state index in [1.54, 1.807) is 19.2 Å². The molecule has 1 N–H and O–H groups in total. The lowest BCUT2D eigenvalue weighted by Gasteiger charge is -2.26. The lowest BCUT2D eigenvalue weighted by Crippen LogP contribution is -2.32. The molecule has 148 valence electrons. The van der Waals surface area contributed by atoms with Crippen molar-refractivity contribution in [3.8, 4) is 5.75 Å². The van der Waals surface area contributed by atoms with Gasteiger partial charge < -0.3 is 9.64 Å². The highest BCUT2D eigenvalue weighted by molar-refractivity contribution is 7.89. The molecule has 2 aromatic rings. The summed E-state index contributed by atoms with van der Waals surface area (Å²) in [5.74, 6) is 0.515. The van der Waals surface area contributed by atoms with Gasteiger partial charge in [0.15, 0.2) is 0 Å². The molecular formula is C21H24N2O4S. The molecule has 0 fully saturated rings. The van der Waals surface area contributed by atoms with Crippen LogP contribution in [0.15, 0.2) is 41.3 Å². The van der Waals surface area contributed by atoms with Crippen LogP contribution in [0.5, 0.6) is 5.75 Å². The zero-order chi connectivity index (χ0) is 19.9. The lowest BCUT2D eigenvalue weighted by atomic mass is 9.97. The maximum absolute atomic E-state index is 12.9. The quantitative estimate of drug-likeness (QED) is 0.809. The van der Waals surface area contributed by atoms with Crippen LogP contribution >= 0.6 is 0 Å². The van der Waals surface area contributed by atoms with Crippen LogP contribution < -0.4 is 14.4 Å². The standard InChI is InChI=1S/C21H24N2O4S/c1-14-18-13-17(12-16-7-5-11-23(20(16)18)21(14)24)28(25,26)22-10-9-15-6-3-4-8-19(15)27-2/h3-4,6,8,12-14,22H,5,7,9-11H2,1-2H3/t14-/m1/s1. The van der Waals surface area contributed by atoms with E-state index in [9.17, 15) is 13.2 Å². The van der Waals surface area contributed by atoms with E-state index in [-0.39, 0.29) is 23.3 Å². The summed E-state index contributed by atoms with van der Waals surface area (Å²) >= 11 is 0. The molecule has 0 unspecified atom stereocenters. The summed E-state index contributed by atoms with van der Waals surface area (Å²) < 4.78 is 33.8. The summed E-state index contributed by atoms with van der Waals surface area (Å²) in [4.78, 5) is 14.5. The van der Waals surface area contributed by atoms with E-state index in [4.69, 9.17) is 4.74 Å². The molecule has 0 aromatic heterocycles. The molecule has 2 aliphatic heterocycles. The van der Waals surface area contributed by atoms with Crippen LogP contribution in [0.2, 0.25) is 0 Å². The molecule has 0 saturated carbocycles. The Kier molecular flexibility index (Phi) is 4.89. The van der Waals surface area contributed by atoms with Crippen molar-refractivity contribution < 1.29 is 17.9 Å². The molecule has 0 bridgehead atoms. The van der Waals surface area contributed by atoms with Crippen molar-refractivity contribution in [2.45, 2.75) is 37.0 Å². The Balaban J connectivity index is 1.56. The van der Waals surface area contributed by atoms with E-state index in [1.807, 2.05) is 36.1 Å². The van der Waals surface area contributed by atoms with Crippen LogP contribution in [0.25, 0.3) is 0 Å². The number of aryl methyl sites for hydroxylation is 1. The molecule has 1 atom stereocenters. The number of carbonyl (C=O) groups is 1. The summed E-state index contributed by atoms with van der Waals surface area (Å²) in [5.41, 5.74) is 3.65. The van der Waals surface area contributed by atoms with Crippen molar-refractivity contribution >= 4 is 21.6 Å². The Labute approximate surface area is 165 Å². The molecule has 0 aliphatic carbocycles. The fourth-order valence-electron chi connectivity index (χ4n) is 4.13. The Morgan fingerprint density at radius 3 is 2.82 bits per heavy atom. The molecule has 4 rings (SSSR count). The lowest BCUT2D eigenvalue weighted by molar-refractivity contribution is -0.119. The Morgan fingerprint density at radius 1 is 1.25 bits per heavy atom. The summed E-state index contributed by atoms with van der Waals surface area (Å²) in [6.07, 6.45) is 2.18. The van der Waals surface area contributed by atoms with Gasteiger partial charge in [0.25, 0.3) is 0 Å². The van der Waals surface area contributed by atoms with Crippen LogP contribution in [-0.2, 0) is 27.7 Å². The van der Waals surface area contributed by atoms with Crippen molar-refractivity contribution in [3.63, 3.8) is 0 Å². The van der Waals surface area contributed by atoms with E-state index in [2.05, 4.69) is 4.72 Å². The molecule has 2 aromatic carbocycles. The first-order chi connectivity index (χ1) is 13.4. The SMILES string of the molecule is COc1ccccc1CCNS(=O)(=O)c1cc2c3c(c1)[C@@H](C)C(=O)N3CCC2. The average molecular weight is 401 g/mol. The Morgan fingerprint density at radius 2 is 2.04 bits per heavy atom. The van der Waals surface area contributed by atoms with Gasteiger partial charge in [0.1, 0.15) is 5.75 Å². The van der Waals surface area contributed by atoms with Crippen molar-refractivity contribution in [2.24, 2.45) is 0 Å². The number of nitrogens with one attached hydrogen (secondary N) is 1. The van der Waals surface area contributed by atoms with Crippen molar-refractivity contribution in [2.75, 3.05) is 25.1 Å². The number of carbonyl (C=O) groups excluding carboxylic acids is 1. The smallest absolute Gasteiger partial charge is 0.240 e. The molecule has 2 aliphatic rings. The number of sulfonamides is 1. The molecular weight excluding hydrogens is 376 g/mol. The van der Waals surface area contributed by atoms with Gasteiger partial charge in [-0.15, -0.1) is 0 Å². The number of ether oxygens (including phenoxy) is 1. The average Bonchev–Trinajstić information content (AvgIpc) is 2.95. The molecule has 0 spiro atoms. The number of hydrogen-bond donors (Lipinski definition) is 1. The normalized spacial score (nSPS) is 18.3. The Bertz CT molecular complexity index is 1030. The molecule has 2 heterocycles. The van der Waals surface area contributed by atoms with Gasteiger partial charge in [-0.25, -0.2) is 13.1 Å². The molecule has 0 saturated heterocycles. The zero-order valence-electron chi connectivity index (χ0n) is 16.1. The number of benzene rings is 2.